The Balaban J connectivity index is 2.01. The number of carbonyl (C=O) groups is 4. The van der Waals surface area contributed by atoms with Gasteiger partial charge in [-0.25, -0.2) is 0 Å². The molecule has 2 amide bonds. The van der Waals surface area contributed by atoms with Gasteiger partial charge in [-0.3, -0.25) is 14.4 Å². The molecule has 1 saturated carbocycles. The van der Waals surface area contributed by atoms with E-state index in [9.17, 15) is 24.3 Å². The second-order valence-electron chi connectivity index (χ2n) is 9.59. The molecule has 0 aromatic carbocycles. The highest BCUT2D eigenvalue weighted by molar-refractivity contribution is 5.87. The van der Waals surface area contributed by atoms with Gasteiger partial charge in [0.15, 0.2) is 0 Å². The molecule has 0 spiro atoms. The van der Waals surface area contributed by atoms with E-state index in [4.69, 9.17) is 0 Å². The lowest BCUT2D eigenvalue weighted by Gasteiger charge is -2.37. The fourth-order valence-electron chi connectivity index (χ4n) is 5.25. The lowest BCUT2D eigenvalue weighted by molar-refractivity contribution is -0.148. The summed E-state index contributed by atoms with van der Waals surface area (Å²) in [5.74, 6) is -0.794. The number of aliphatic carboxylic acids is 1. The molecule has 1 saturated heterocycles. The van der Waals surface area contributed by atoms with Gasteiger partial charge in [0.05, 0.1) is 19.0 Å². The highest BCUT2D eigenvalue weighted by Gasteiger charge is 2.33. The molecule has 1 aliphatic heterocycles. The van der Waals surface area contributed by atoms with E-state index in [1.165, 1.54) is 11.3 Å². The third-order valence-corrected chi connectivity index (χ3v) is 7.18. The highest BCUT2D eigenvalue weighted by Crippen LogP contribution is 2.24. The fourth-order valence-corrected chi connectivity index (χ4v) is 5.25. The van der Waals surface area contributed by atoms with Gasteiger partial charge in [-0.2, -0.15) is 0 Å². The second kappa shape index (κ2) is 15.0. The molecule has 8 heteroatoms. The summed E-state index contributed by atoms with van der Waals surface area (Å²) in [7, 11) is 0. The van der Waals surface area contributed by atoms with E-state index in [0.29, 0.717) is 25.2 Å². The molecule has 188 valence electrons. The molecule has 33 heavy (non-hydrogen) atoms. The first-order chi connectivity index (χ1) is 16.0. The predicted molar refractivity (Wildman–Crippen MR) is 127 cm³/mol. The van der Waals surface area contributed by atoms with Crippen LogP contribution < -0.4 is 5.32 Å². The van der Waals surface area contributed by atoms with Crippen LogP contribution in [-0.4, -0.2) is 77.2 Å². The lowest BCUT2D eigenvalue weighted by atomic mass is 9.92. The van der Waals surface area contributed by atoms with Gasteiger partial charge in [0, 0.05) is 19.0 Å². The minimum atomic E-state index is -1.10. The van der Waals surface area contributed by atoms with Crippen molar-refractivity contribution in [1.82, 2.24) is 15.1 Å². The summed E-state index contributed by atoms with van der Waals surface area (Å²) in [6, 6.07) is -1.14. The summed E-state index contributed by atoms with van der Waals surface area (Å²) < 4.78 is 0. The maximum absolute atomic E-state index is 13.4. The number of aldehydes is 1. The molecule has 8 nitrogen and oxygen atoms in total. The number of carbonyl (C=O) groups excluding carboxylic acids is 3. The van der Waals surface area contributed by atoms with Crippen molar-refractivity contribution >= 4 is 24.1 Å². The van der Waals surface area contributed by atoms with Crippen molar-refractivity contribution in [1.29, 1.82) is 0 Å². The first kappa shape index (κ1) is 27.3. The number of carboxylic acids is 1. The molecule has 0 bridgehead atoms. The Morgan fingerprint density at radius 2 is 1.64 bits per heavy atom. The van der Waals surface area contributed by atoms with E-state index in [1.54, 1.807) is 4.90 Å². The summed E-state index contributed by atoms with van der Waals surface area (Å²) in [6.07, 6.45) is 11.5. The quantitative estimate of drug-likeness (QED) is 0.429. The normalized spacial score (nSPS) is 19.2. The van der Waals surface area contributed by atoms with E-state index in [-0.39, 0.29) is 24.4 Å². The zero-order chi connectivity index (χ0) is 24.1. The Morgan fingerprint density at radius 1 is 1.00 bits per heavy atom. The monoisotopic (exact) mass is 465 g/mol. The Hall–Kier alpha value is -1.96. The van der Waals surface area contributed by atoms with Gasteiger partial charge in [0.1, 0.15) is 6.29 Å². The predicted octanol–water partition coefficient (Wildman–Crippen LogP) is 2.99. The Morgan fingerprint density at radius 3 is 2.21 bits per heavy atom. The molecule has 2 fully saturated rings. The van der Waals surface area contributed by atoms with Crippen LogP contribution in [0.3, 0.4) is 0 Å². The fraction of sp³-hybridized carbons (Fsp3) is 0.840. The first-order valence-electron chi connectivity index (χ1n) is 12.9. The third-order valence-electron chi connectivity index (χ3n) is 7.18. The van der Waals surface area contributed by atoms with E-state index >= 15 is 0 Å². The highest BCUT2D eigenvalue weighted by atomic mass is 16.4. The van der Waals surface area contributed by atoms with Gasteiger partial charge in [0.2, 0.25) is 11.8 Å². The molecule has 2 rings (SSSR count). The van der Waals surface area contributed by atoms with Crippen LogP contribution in [0.4, 0.5) is 0 Å². The van der Waals surface area contributed by atoms with E-state index in [1.807, 2.05) is 6.92 Å². The van der Waals surface area contributed by atoms with E-state index in [0.717, 1.165) is 77.3 Å². The smallest absolute Gasteiger partial charge is 0.305 e. The molecule has 1 atom stereocenters. The number of nitrogens with zero attached hydrogens (tertiary/aromatic N) is 2. The number of rotatable bonds is 12. The number of nitrogens with one attached hydrogen (secondary N) is 1. The average molecular weight is 466 g/mol. The third kappa shape index (κ3) is 9.43. The van der Waals surface area contributed by atoms with Gasteiger partial charge in [-0.1, -0.05) is 32.1 Å². The van der Waals surface area contributed by atoms with Gasteiger partial charge < -0.3 is 25.0 Å². The van der Waals surface area contributed by atoms with Crippen LogP contribution in [0.25, 0.3) is 0 Å². The van der Waals surface area contributed by atoms with Crippen molar-refractivity contribution in [2.75, 3.05) is 26.2 Å². The Kier molecular flexibility index (Phi) is 12.4. The molecule has 0 unspecified atom stereocenters. The largest absolute Gasteiger partial charge is 0.481 e. The van der Waals surface area contributed by atoms with Crippen LogP contribution in [0.2, 0.25) is 0 Å². The van der Waals surface area contributed by atoms with E-state index in [2.05, 4.69) is 5.32 Å². The van der Waals surface area contributed by atoms with Crippen LogP contribution in [0.1, 0.15) is 90.4 Å². The topological polar surface area (TPSA) is 107 Å². The van der Waals surface area contributed by atoms with E-state index < -0.39 is 18.4 Å². The maximum Gasteiger partial charge on any atom is 0.305 e. The minimum absolute atomic E-state index is 0.0433. The van der Waals surface area contributed by atoms with Crippen LogP contribution in [-0.2, 0) is 19.2 Å². The molecule has 0 aromatic rings. The summed E-state index contributed by atoms with van der Waals surface area (Å²) >= 11 is 0. The lowest BCUT2D eigenvalue weighted by Crippen LogP contribution is -2.53. The molecule has 0 aromatic heterocycles. The molecular formula is C25H43N3O5. The molecule has 1 heterocycles. The van der Waals surface area contributed by atoms with Crippen molar-refractivity contribution in [3.8, 4) is 0 Å². The Bertz CT molecular complexity index is 628. The number of carboxylic acid groups (broad SMARTS) is 1. The van der Waals surface area contributed by atoms with Crippen molar-refractivity contribution in [2.24, 2.45) is 5.92 Å². The van der Waals surface area contributed by atoms with Gasteiger partial charge in [-0.15, -0.1) is 0 Å². The minimum Gasteiger partial charge on any atom is -0.481 e. The molecular weight excluding hydrogens is 422 g/mol. The van der Waals surface area contributed by atoms with Crippen molar-refractivity contribution < 1.29 is 24.3 Å². The molecule has 0 radical (unpaired) electrons. The summed E-state index contributed by atoms with van der Waals surface area (Å²) in [5, 5.41) is 12.7. The van der Waals surface area contributed by atoms with Gasteiger partial charge in [-0.05, 0) is 64.5 Å². The second-order valence-corrected chi connectivity index (χ2v) is 9.59. The first-order valence-corrected chi connectivity index (χ1v) is 12.9. The van der Waals surface area contributed by atoms with Crippen LogP contribution in [0.15, 0.2) is 0 Å². The molecule has 1 aliphatic carbocycles. The van der Waals surface area contributed by atoms with Crippen molar-refractivity contribution in [3.05, 3.63) is 0 Å². The van der Waals surface area contributed by atoms with Crippen LogP contribution >= 0.6 is 0 Å². The van der Waals surface area contributed by atoms with Crippen LogP contribution in [0.5, 0.6) is 0 Å². The summed E-state index contributed by atoms with van der Waals surface area (Å²) in [5.41, 5.74) is 0. The zero-order valence-electron chi connectivity index (χ0n) is 20.3. The molecule has 2 aliphatic rings. The maximum atomic E-state index is 13.4. The zero-order valence-corrected chi connectivity index (χ0v) is 20.3. The van der Waals surface area contributed by atoms with Gasteiger partial charge in [0.25, 0.3) is 0 Å². The summed E-state index contributed by atoms with van der Waals surface area (Å²) in [4.78, 5) is 52.5. The molecule has 2 N–H and O–H groups in total. The average Bonchev–Trinajstić information content (AvgIpc) is 2.78. The number of amides is 2. The number of piperidine rings is 1. The van der Waals surface area contributed by atoms with Gasteiger partial charge >= 0.3 is 5.97 Å². The Labute approximate surface area is 198 Å². The van der Waals surface area contributed by atoms with Crippen LogP contribution in [0, 0.1) is 5.92 Å². The number of hydrogen-bond donors (Lipinski definition) is 2. The number of hydrogen-bond acceptors (Lipinski definition) is 5. The SMILES string of the molecule is CCN(CC(=O)N(C1CCCCCCC1)[C@H](C=O)CC(=O)O)C(=O)CCCC1CCNCC1. The number of likely N-dealkylation sites (N-methyl/N-ethyl adjacent to an activating group) is 1. The standard InChI is InChI=1S/C25H43N3O5/c1-2-27(23(30)12-8-9-20-13-15-26-16-14-20)18-24(31)28(22(19-29)17-25(32)33)21-10-6-4-3-5-7-11-21/h19-22,26H,2-18H2,1H3,(H,32,33)/t22-/m0/s1. The van der Waals surface area contributed by atoms with Crippen molar-refractivity contribution in [2.45, 2.75) is 102 Å². The van der Waals surface area contributed by atoms with Crippen molar-refractivity contribution in [3.63, 3.8) is 0 Å². The summed E-state index contributed by atoms with van der Waals surface area (Å²) in [6.45, 7) is 4.26.